The molecule has 1 amide bonds. The topological polar surface area (TPSA) is 88.8 Å². The Balaban J connectivity index is 1.78. The number of hydrogen-bond donors (Lipinski definition) is 1. The summed E-state index contributed by atoms with van der Waals surface area (Å²) in [5.74, 6) is 0.469. The van der Waals surface area contributed by atoms with Crippen LogP contribution in [0.2, 0.25) is 0 Å². The number of fused-ring (bicyclic) bond motifs is 1. The highest BCUT2D eigenvalue weighted by Gasteiger charge is 2.29. The lowest BCUT2D eigenvalue weighted by atomic mass is 10.0. The van der Waals surface area contributed by atoms with E-state index >= 15 is 0 Å². The van der Waals surface area contributed by atoms with Gasteiger partial charge in [-0.05, 0) is 57.2 Å². The van der Waals surface area contributed by atoms with E-state index in [4.69, 9.17) is 9.15 Å². The fourth-order valence-corrected chi connectivity index (χ4v) is 5.05. The van der Waals surface area contributed by atoms with Gasteiger partial charge in [0, 0.05) is 43.8 Å². The predicted octanol–water partition coefficient (Wildman–Crippen LogP) is 3.32. The molecule has 0 spiro atoms. The molecule has 1 aromatic carbocycles. The molecular formula is C21H30N2O5S. The van der Waals surface area contributed by atoms with Crippen LogP contribution in [0.5, 0.6) is 0 Å². The van der Waals surface area contributed by atoms with Crippen molar-refractivity contribution in [1.29, 1.82) is 0 Å². The molecule has 1 aliphatic rings. The van der Waals surface area contributed by atoms with Gasteiger partial charge in [-0.15, -0.1) is 0 Å². The summed E-state index contributed by atoms with van der Waals surface area (Å²) in [5, 5.41) is 3.47. The Bertz CT molecular complexity index is 959. The highest BCUT2D eigenvalue weighted by Crippen LogP contribution is 2.30. The van der Waals surface area contributed by atoms with Crippen LogP contribution in [0.25, 0.3) is 11.0 Å². The van der Waals surface area contributed by atoms with Crippen molar-refractivity contribution in [2.24, 2.45) is 5.92 Å². The van der Waals surface area contributed by atoms with Crippen molar-refractivity contribution in [3.8, 4) is 0 Å². The summed E-state index contributed by atoms with van der Waals surface area (Å²) in [7, 11) is -3.55. The number of amides is 1. The molecule has 0 unspecified atom stereocenters. The van der Waals surface area contributed by atoms with Crippen LogP contribution in [0.15, 0.2) is 27.5 Å². The maximum absolute atomic E-state index is 13.0. The molecule has 7 nitrogen and oxygen atoms in total. The second-order valence-electron chi connectivity index (χ2n) is 7.61. The Hall–Kier alpha value is -1.90. The van der Waals surface area contributed by atoms with Gasteiger partial charge in [0.05, 0.1) is 4.90 Å². The minimum Gasteiger partial charge on any atom is -0.451 e. The van der Waals surface area contributed by atoms with Gasteiger partial charge in [0.2, 0.25) is 10.0 Å². The summed E-state index contributed by atoms with van der Waals surface area (Å²) >= 11 is 0. The third kappa shape index (κ3) is 4.82. The van der Waals surface area contributed by atoms with Crippen LogP contribution in [-0.2, 0) is 14.8 Å². The number of sulfonamides is 1. The van der Waals surface area contributed by atoms with Gasteiger partial charge >= 0.3 is 0 Å². The number of aryl methyl sites for hydroxylation is 1. The number of benzene rings is 1. The number of nitrogens with one attached hydrogen (secondary N) is 1. The second kappa shape index (κ2) is 9.28. The summed E-state index contributed by atoms with van der Waals surface area (Å²) in [6.45, 7) is 8.67. The van der Waals surface area contributed by atoms with E-state index < -0.39 is 10.0 Å². The number of carbonyl (C=O) groups excluding carboxylic acids is 1. The van der Waals surface area contributed by atoms with Crippen LogP contribution in [0, 0.1) is 12.8 Å². The zero-order valence-corrected chi connectivity index (χ0v) is 18.2. The highest BCUT2D eigenvalue weighted by molar-refractivity contribution is 7.89. The summed E-state index contributed by atoms with van der Waals surface area (Å²) in [4.78, 5) is 12.7. The molecule has 0 atom stereocenters. The Labute approximate surface area is 172 Å². The van der Waals surface area contributed by atoms with Crippen molar-refractivity contribution in [3.05, 3.63) is 29.5 Å². The molecule has 1 N–H and O–H groups in total. The Morgan fingerprint density at radius 2 is 2.03 bits per heavy atom. The van der Waals surface area contributed by atoms with Crippen molar-refractivity contribution < 1.29 is 22.4 Å². The molecule has 0 aliphatic carbocycles. The average Bonchev–Trinajstić information content (AvgIpc) is 3.04. The third-order valence-electron chi connectivity index (χ3n) is 5.45. The summed E-state index contributed by atoms with van der Waals surface area (Å²) in [6.07, 6.45) is 2.47. The van der Waals surface area contributed by atoms with Gasteiger partial charge in [0.1, 0.15) is 5.58 Å². The zero-order chi connectivity index (χ0) is 21.0. The van der Waals surface area contributed by atoms with Crippen molar-refractivity contribution in [2.75, 3.05) is 32.8 Å². The van der Waals surface area contributed by atoms with E-state index in [1.807, 2.05) is 6.92 Å². The lowest BCUT2D eigenvalue weighted by Gasteiger charge is -2.29. The lowest BCUT2D eigenvalue weighted by molar-refractivity contribution is 0.0918. The smallest absolute Gasteiger partial charge is 0.287 e. The monoisotopic (exact) mass is 422 g/mol. The molecule has 1 fully saturated rings. The van der Waals surface area contributed by atoms with Gasteiger partial charge in [-0.25, -0.2) is 8.42 Å². The number of carbonyl (C=O) groups is 1. The molecular weight excluding hydrogens is 392 g/mol. The standard InChI is InChI=1S/C21H30N2O5S/c1-4-27-13-5-10-22-21(24)20-16(3)18-14-17(6-7-19(18)28-20)29(25,26)23-11-8-15(2)9-12-23/h6-7,14-15H,4-5,8-13H2,1-3H3,(H,22,24). The lowest BCUT2D eigenvalue weighted by Crippen LogP contribution is -2.37. The number of ether oxygens (including phenoxy) is 1. The fraction of sp³-hybridized carbons (Fsp3) is 0.571. The first-order valence-electron chi connectivity index (χ1n) is 10.2. The van der Waals surface area contributed by atoms with Crippen LogP contribution in [0.4, 0.5) is 0 Å². The van der Waals surface area contributed by atoms with Gasteiger partial charge in [-0.2, -0.15) is 4.31 Å². The van der Waals surface area contributed by atoms with E-state index in [2.05, 4.69) is 12.2 Å². The van der Waals surface area contributed by atoms with Crippen LogP contribution in [0.3, 0.4) is 0 Å². The van der Waals surface area contributed by atoms with Crippen molar-refractivity contribution in [2.45, 2.75) is 44.9 Å². The molecule has 0 radical (unpaired) electrons. The molecule has 2 heterocycles. The number of piperidine rings is 1. The Morgan fingerprint density at radius 1 is 1.31 bits per heavy atom. The van der Waals surface area contributed by atoms with E-state index in [9.17, 15) is 13.2 Å². The first kappa shape index (κ1) is 21.8. The summed E-state index contributed by atoms with van der Waals surface area (Å²) in [5.41, 5.74) is 1.15. The SMILES string of the molecule is CCOCCCNC(=O)c1oc2ccc(S(=O)(=O)N3CCC(C)CC3)cc2c1C. The quantitative estimate of drug-likeness (QED) is 0.659. The Morgan fingerprint density at radius 3 is 2.72 bits per heavy atom. The molecule has 0 saturated carbocycles. The normalized spacial score (nSPS) is 16.4. The van der Waals surface area contributed by atoms with E-state index in [0.29, 0.717) is 55.3 Å². The minimum atomic E-state index is -3.55. The largest absolute Gasteiger partial charge is 0.451 e. The Kier molecular flexibility index (Phi) is 6.97. The number of nitrogens with zero attached hydrogens (tertiary/aromatic N) is 1. The van der Waals surface area contributed by atoms with Crippen molar-refractivity contribution >= 4 is 26.9 Å². The average molecular weight is 423 g/mol. The fourth-order valence-electron chi connectivity index (χ4n) is 3.55. The molecule has 3 rings (SSSR count). The summed E-state index contributed by atoms with van der Waals surface area (Å²) < 4.78 is 38.6. The molecule has 1 aliphatic heterocycles. The minimum absolute atomic E-state index is 0.220. The number of furan rings is 1. The zero-order valence-electron chi connectivity index (χ0n) is 17.4. The van der Waals surface area contributed by atoms with Gasteiger partial charge in [0.15, 0.2) is 5.76 Å². The van der Waals surface area contributed by atoms with Crippen molar-refractivity contribution in [1.82, 2.24) is 9.62 Å². The molecule has 8 heteroatoms. The first-order valence-corrected chi connectivity index (χ1v) is 11.7. The molecule has 160 valence electrons. The highest BCUT2D eigenvalue weighted by atomic mass is 32.2. The maximum Gasteiger partial charge on any atom is 0.287 e. The number of hydrogen-bond acceptors (Lipinski definition) is 5. The second-order valence-corrected chi connectivity index (χ2v) is 9.55. The van der Waals surface area contributed by atoms with Gasteiger partial charge < -0.3 is 14.5 Å². The van der Waals surface area contributed by atoms with Crippen LogP contribution >= 0.6 is 0 Å². The third-order valence-corrected chi connectivity index (χ3v) is 7.34. The molecule has 1 saturated heterocycles. The first-order chi connectivity index (χ1) is 13.8. The van der Waals surface area contributed by atoms with E-state index in [-0.39, 0.29) is 16.6 Å². The summed E-state index contributed by atoms with van der Waals surface area (Å²) in [6, 6.07) is 4.81. The van der Waals surface area contributed by atoms with Gasteiger partial charge in [0.25, 0.3) is 5.91 Å². The van der Waals surface area contributed by atoms with E-state index in [1.54, 1.807) is 29.4 Å². The van der Waals surface area contributed by atoms with E-state index in [1.165, 1.54) is 0 Å². The number of rotatable bonds is 8. The molecule has 0 bridgehead atoms. The molecule has 29 heavy (non-hydrogen) atoms. The van der Waals surface area contributed by atoms with E-state index in [0.717, 1.165) is 19.3 Å². The van der Waals surface area contributed by atoms with Crippen LogP contribution < -0.4 is 5.32 Å². The van der Waals surface area contributed by atoms with Gasteiger partial charge in [-0.3, -0.25) is 4.79 Å². The predicted molar refractivity (Wildman–Crippen MR) is 112 cm³/mol. The molecule has 1 aromatic heterocycles. The van der Waals surface area contributed by atoms with Crippen LogP contribution in [-0.4, -0.2) is 51.5 Å². The van der Waals surface area contributed by atoms with Gasteiger partial charge in [-0.1, -0.05) is 6.92 Å². The molecule has 2 aromatic rings. The van der Waals surface area contributed by atoms with Crippen LogP contribution in [0.1, 0.15) is 49.2 Å². The maximum atomic E-state index is 13.0. The van der Waals surface area contributed by atoms with Crippen molar-refractivity contribution in [3.63, 3.8) is 0 Å².